The highest BCUT2D eigenvalue weighted by Crippen LogP contribution is 2.45. The lowest BCUT2D eigenvalue weighted by Crippen LogP contribution is -2.26. The van der Waals surface area contributed by atoms with E-state index < -0.39 is 11.9 Å². The van der Waals surface area contributed by atoms with Crippen LogP contribution in [0.2, 0.25) is 5.02 Å². The van der Waals surface area contributed by atoms with E-state index in [1.54, 1.807) is 20.1 Å². The Hall–Kier alpha value is -3.56. The first-order chi connectivity index (χ1) is 16.3. The highest BCUT2D eigenvalue weighted by atomic mass is 35.5. The molecule has 1 atom stereocenters. The van der Waals surface area contributed by atoms with Gasteiger partial charge in [-0.2, -0.15) is 0 Å². The molecule has 4 rings (SSSR count). The number of anilines is 2. The van der Waals surface area contributed by atoms with Crippen molar-refractivity contribution in [3.63, 3.8) is 0 Å². The number of ether oxygens (including phenoxy) is 3. The number of benzene rings is 2. The Morgan fingerprint density at radius 3 is 2.59 bits per heavy atom. The number of carbonyl (C=O) groups is 1. The van der Waals surface area contributed by atoms with Crippen LogP contribution in [-0.2, 0) is 16.1 Å². The summed E-state index contributed by atoms with van der Waals surface area (Å²) in [5.74, 6) is 0.798. The zero-order chi connectivity index (χ0) is 24.4. The van der Waals surface area contributed by atoms with Crippen LogP contribution in [0.3, 0.4) is 0 Å². The molecular weight excluding hydrogens is 476 g/mol. The van der Waals surface area contributed by atoms with Crippen molar-refractivity contribution in [1.82, 2.24) is 9.97 Å². The first-order valence-corrected chi connectivity index (χ1v) is 11.1. The fourth-order valence-corrected chi connectivity index (χ4v) is 4.26. The molecule has 0 saturated carbocycles. The minimum Gasteiger partial charge on any atom is -0.493 e. The lowest BCUT2D eigenvalue weighted by atomic mass is 9.82. The van der Waals surface area contributed by atoms with Crippen molar-refractivity contribution in [3.8, 4) is 11.5 Å². The number of nitrogens with two attached hydrogens (primary N) is 1. The second-order valence-electron chi connectivity index (χ2n) is 7.63. The van der Waals surface area contributed by atoms with Crippen molar-refractivity contribution in [3.05, 3.63) is 80.2 Å². The maximum absolute atomic E-state index is 12.8. The van der Waals surface area contributed by atoms with Crippen LogP contribution in [0.5, 0.6) is 11.5 Å². The number of nitrogens with one attached hydrogen (secondary N) is 2. The number of hydrogen-bond acceptors (Lipinski definition) is 8. The smallest absolute Gasteiger partial charge is 0.336 e. The normalized spacial score (nSPS) is 14.8. The SMILES string of the molecule is COC(=O)C1=C(C)Nc2nc(=S)[nH]c(N)c2C1c1ccc(OCc2ccc(Cl)cc2)c(OC)c1. The Bertz CT molecular complexity index is 1340. The summed E-state index contributed by atoms with van der Waals surface area (Å²) >= 11 is 11.1. The van der Waals surface area contributed by atoms with E-state index in [1.165, 1.54) is 7.11 Å². The minimum atomic E-state index is -0.567. The molecule has 1 aliphatic heterocycles. The molecule has 1 aliphatic rings. The number of carbonyl (C=O) groups excluding carboxylic acids is 1. The van der Waals surface area contributed by atoms with Gasteiger partial charge in [-0.3, -0.25) is 0 Å². The third-order valence-corrected chi connectivity index (χ3v) is 5.97. The molecule has 8 nitrogen and oxygen atoms in total. The molecule has 0 aliphatic carbocycles. The number of hydrogen-bond donors (Lipinski definition) is 3. The number of fused-ring (bicyclic) bond motifs is 1. The third kappa shape index (κ3) is 4.57. The summed E-state index contributed by atoms with van der Waals surface area (Å²) in [6, 6.07) is 12.9. The second-order valence-corrected chi connectivity index (χ2v) is 8.45. The van der Waals surface area contributed by atoms with Crippen molar-refractivity contribution in [2.75, 3.05) is 25.3 Å². The molecule has 4 N–H and O–H groups in total. The van der Waals surface area contributed by atoms with Gasteiger partial charge >= 0.3 is 5.97 Å². The largest absolute Gasteiger partial charge is 0.493 e. The molecule has 1 aromatic heterocycles. The van der Waals surface area contributed by atoms with Crippen LogP contribution >= 0.6 is 23.8 Å². The quantitative estimate of drug-likeness (QED) is 0.323. The molecule has 1 unspecified atom stereocenters. The van der Waals surface area contributed by atoms with Gasteiger partial charge in [-0.25, -0.2) is 9.78 Å². The Morgan fingerprint density at radius 1 is 1.18 bits per heavy atom. The van der Waals surface area contributed by atoms with Crippen LogP contribution in [0.4, 0.5) is 11.6 Å². The number of rotatable bonds is 6. The summed E-state index contributed by atoms with van der Waals surface area (Å²) in [4.78, 5) is 20.0. The number of allylic oxidation sites excluding steroid dienone is 1. The van der Waals surface area contributed by atoms with Gasteiger partial charge in [0.05, 0.1) is 25.7 Å². The monoisotopic (exact) mass is 498 g/mol. The summed E-state index contributed by atoms with van der Waals surface area (Å²) in [5.41, 5.74) is 9.61. The van der Waals surface area contributed by atoms with Crippen LogP contribution in [0.15, 0.2) is 53.7 Å². The molecule has 0 spiro atoms. The molecule has 34 heavy (non-hydrogen) atoms. The lowest BCUT2D eigenvalue weighted by Gasteiger charge is -2.30. The lowest BCUT2D eigenvalue weighted by molar-refractivity contribution is -0.136. The van der Waals surface area contributed by atoms with E-state index in [0.717, 1.165) is 11.1 Å². The van der Waals surface area contributed by atoms with Crippen molar-refractivity contribution in [1.29, 1.82) is 0 Å². The van der Waals surface area contributed by atoms with Gasteiger partial charge in [-0.1, -0.05) is 29.8 Å². The third-order valence-electron chi connectivity index (χ3n) is 5.52. The fraction of sp³-hybridized carbons (Fsp3) is 0.208. The van der Waals surface area contributed by atoms with Gasteiger partial charge < -0.3 is 30.2 Å². The van der Waals surface area contributed by atoms with Gasteiger partial charge in [0.2, 0.25) is 0 Å². The Kier molecular flexibility index (Phi) is 6.76. The highest BCUT2D eigenvalue weighted by Gasteiger charge is 2.36. The maximum atomic E-state index is 12.8. The van der Waals surface area contributed by atoms with Gasteiger partial charge in [-0.05, 0) is 54.5 Å². The van der Waals surface area contributed by atoms with Crippen LogP contribution < -0.4 is 20.5 Å². The summed E-state index contributed by atoms with van der Waals surface area (Å²) in [5, 5.41) is 3.78. The summed E-state index contributed by atoms with van der Waals surface area (Å²) in [6.07, 6.45) is 0. The van der Waals surface area contributed by atoms with Crippen molar-refractivity contribution in [2.45, 2.75) is 19.4 Å². The molecule has 176 valence electrons. The van der Waals surface area contributed by atoms with Gasteiger partial charge in [0.1, 0.15) is 18.2 Å². The number of nitrogens with zero attached hydrogens (tertiary/aromatic N) is 1. The molecule has 0 fully saturated rings. The van der Waals surface area contributed by atoms with Crippen LogP contribution in [0, 0.1) is 4.77 Å². The van der Waals surface area contributed by atoms with Gasteiger partial charge in [0.25, 0.3) is 0 Å². The Morgan fingerprint density at radius 2 is 1.91 bits per heavy atom. The molecule has 0 radical (unpaired) electrons. The van der Waals surface area contributed by atoms with Crippen molar-refractivity contribution in [2.24, 2.45) is 0 Å². The Labute approximate surface area is 206 Å². The molecule has 2 aromatic carbocycles. The van der Waals surface area contributed by atoms with Crippen LogP contribution in [0.25, 0.3) is 0 Å². The molecular formula is C24H23ClN4O4S. The van der Waals surface area contributed by atoms with E-state index in [0.29, 0.717) is 51.6 Å². The van der Waals surface area contributed by atoms with E-state index >= 15 is 0 Å². The number of esters is 1. The zero-order valence-corrected chi connectivity index (χ0v) is 20.3. The van der Waals surface area contributed by atoms with E-state index in [4.69, 9.17) is 43.8 Å². The molecule has 3 aromatic rings. The number of aromatic nitrogens is 2. The molecule has 0 amide bonds. The first-order valence-electron chi connectivity index (χ1n) is 10.3. The zero-order valence-electron chi connectivity index (χ0n) is 18.8. The van der Waals surface area contributed by atoms with E-state index in [-0.39, 0.29) is 4.77 Å². The first kappa shape index (κ1) is 23.6. The van der Waals surface area contributed by atoms with Crippen LogP contribution in [-0.4, -0.2) is 30.2 Å². The van der Waals surface area contributed by atoms with Gasteiger partial charge in [0, 0.05) is 16.3 Å². The number of H-pyrrole nitrogens is 1. The van der Waals surface area contributed by atoms with Crippen LogP contribution in [0.1, 0.15) is 29.5 Å². The van der Waals surface area contributed by atoms with Gasteiger partial charge in [-0.15, -0.1) is 0 Å². The maximum Gasteiger partial charge on any atom is 0.336 e. The Balaban J connectivity index is 1.76. The topological polar surface area (TPSA) is 111 Å². The average molecular weight is 499 g/mol. The summed E-state index contributed by atoms with van der Waals surface area (Å²) < 4.78 is 16.9. The second kappa shape index (κ2) is 9.74. The van der Waals surface area contributed by atoms with Crippen molar-refractivity contribution >= 4 is 41.4 Å². The number of halogens is 1. The van der Waals surface area contributed by atoms with Crippen molar-refractivity contribution < 1.29 is 19.0 Å². The molecule has 0 saturated heterocycles. The fourth-order valence-electron chi connectivity index (χ4n) is 3.93. The molecule has 0 bridgehead atoms. The number of nitrogen functional groups attached to an aromatic ring is 1. The summed E-state index contributed by atoms with van der Waals surface area (Å²) in [6.45, 7) is 2.11. The standard InChI is InChI=1S/C24H23ClN4O4S/c1-12-18(23(30)32-3)19(20-21(26)28-24(34)29-22(20)27-12)14-6-9-16(17(10-14)31-2)33-11-13-4-7-15(25)8-5-13/h4-10,19H,11H2,1-3H3,(H4,26,27,28,29,34). The van der Waals surface area contributed by atoms with E-state index in [1.807, 2.05) is 36.4 Å². The molecule has 2 heterocycles. The number of methoxy groups -OCH3 is 2. The molecule has 10 heteroatoms. The highest BCUT2D eigenvalue weighted by molar-refractivity contribution is 7.71. The predicted octanol–water partition coefficient (Wildman–Crippen LogP) is 4.97. The van der Waals surface area contributed by atoms with E-state index in [2.05, 4.69) is 15.3 Å². The minimum absolute atomic E-state index is 0.236. The van der Waals surface area contributed by atoms with E-state index in [9.17, 15) is 4.79 Å². The van der Waals surface area contributed by atoms with Gasteiger partial charge in [0.15, 0.2) is 16.3 Å². The average Bonchev–Trinajstić information content (AvgIpc) is 2.82. The number of aromatic amines is 1. The summed E-state index contributed by atoms with van der Waals surface area (Å²) in [7, 11) is 2.89. The predicted molar refractivity (Wildman–Crippen MR) is 133 cm³/mol.